The lowest BCUT2D eigenvalue weighted by atomic mass is 9.81. The Morgan fingerprint density at radius 3 is 2.50 bits per heavy atom. The summed E-state index contributed by atoms with van der Waals surface area (Å²) in [7, 11) is 0. The zero-order valence-electron chi connectivity index (χ0n) is 14.7. The summed E-state index contributed by atoms with van der Waals surface area (Å²) in [4.78, 5) is 14.0. The number of benzene rings is 1. The molecule has 1 aromatic rings. The van der Waals surface area contributed by atoms with Gasteiger partial charge in [0, 0.05) is 5.02 Å². The van der Waals surface area contributed by atoms with Crippen LogP contribution in [0.4, 0.5) is 0 Å². The number of carboxylic acids is 1. The molecule has 1 aliphatic heterocycles. The normalized spacial score (nSPS) is 17.8. The molecule has 0 bridgehead atoms. The van der Waals surface area contributed by atoms with E-state index in [9.17, 15) is 9.90 Å². The van der Waals surface area contributed by atoms with Gasteiger partial charge >= 0.3 is 5.97 Å². The molecule has 1 aliphatic rings. The lowest BCUT2D eigenvalue weighted by molar-refractivity contribution is -0.144. The number of rotatable bonds is 9. The fourth-order valence-electron chi connectivity index (χ4n) is 3.72. The lowest BCUT2D eigenvalue weighted by Crippen LogP contribution is -2.38. The monoisotopic (exact) mass is 351 g/mol. The van der Waals surface area contributed by atoms with Crippen molar-refractivity contribution in [2.75, 3.05) is 19.6 Å². The molecule has 1 heterocycles. The first-order valence-electron chi connectivity index (χ1n) is 9.29. The highest BCUT2D eigenvalue weighted by molar-refractivity contribution is 6.30. The van der Waals surface area contributed by atoms with Gasteiger partial charge in [-0.15, -0.1) is 0 Å². The second-order valence-electron chi connectivity index (χ2n) is 7.00. The predicted octanol–water partition coefficient (Wildman–Crippen LogP) is 4.88. The Morgan fingerprint density at radius 2 is 1.92 bits per heavy atom. The van der Waals surface area contributed by atoms with E-state index in [1.807, 2.05) is 12.1 Å². The summed E-state index contributed by atoms with van der Waals surface area (Å²) < 4.78 is 0. The van der Waals surface area contributed by atoms with Crippen molar-refractivity contribution >= 4 is 17.6 Å². The number of hydrogen-bond donors (Lipinski definition) is 1. The summed E-state index contributed by atoms with van der Waals surface area (Å²) in [5, 5.41) is 10.3. The molecular weight excluding hydrogens is 322 g/mol. The Hall–Kier alpha value is -1.06. The Bertz CT molecular complexity index is 495. The maximum Gasteiger partial charge on any atom is 0.306 e. The van der Waals surface area contributed by atoms with E-state index in [0.29, 0.717) is 5.92 Å². The van der Waals surface area contributed by atoms with Crippen molar-refractivity contribution in [2.24, 2.45) is 11.8 Å². The van der Waals surface area contributed by atoms with Crippen LogP contribution in [-0.2, 0) is 11.2 Å². The molecule has 0 saturated carbocycles. The number of likely N-dealkylation sites (tertiary alicyclic amines) is 1. The average molecular weight is 352 g/mol. The van der Waals surface area contributed by atoms with Crippen LogP contribution in [0.25, 0.3) is 0 Å². The highest BCUT2D eigenvalue weighted by Gasteiger charge is 2.30. The van der Waals surface area contributed by atoms with E-state index in [2.05, 4.69) is 24.0 Å². The van der Waals surface area contributed by atoms with Crippen LogP contribution in [0, 0.1) is 11.8 Å². The first-order chi connectivity index (χ1) is 11.6. The summed E-state index contributed by atoms with van der Waals surface area (Å²) >= 11 is 5.91. The standard InChI is InChI=1S/C20H30ClNO2/c1-2-3-6-19(20(23)24)17-11-14-22(15-12-17)13-4-5-16-7-9-18(21)10-8-16/h7-10,17,19H,2-6,11-15H2,1H3,(H,23,24). The second-order valence-corrected chi connectivity index (χ2v) is 7.43. The fraction of sp³-hybridized carbons (Fsp3) is 0.650. The molecule has 2 rings (SSSR count). The SMILES string of the molecule is CCCCC(C(=O)O)C1CCN(CCCc2ccc(Cl)cc2)CC1. The largest absolute Gasteiger partial charge is 0.481 e. The van der Waals surface area contributed by atoms with Gasteiger partial charge in [-0.1, -0.05) is 43.5 Å². The molecule has 1 atom stereocenters. The summed E-state index contributed by atoms with van der Waals surface area (Å²) in [5.74, 6) is -0.368. The highest BCUT2D eigenvalue weighted by Crippen LogP contribution is 2.29. The van der Waals surface area contributed by atoms with E-state index in [1.54, 1.807) is 0 Å². The molecule has 1 aromatic carbocycles. The lowest BCUT2D eigenvalue weighted by Gasteiger charge is -2.34. The Morgan fingerprint density at radius 1 is 1.25 bits per heavy atom. The van der Waals surface area contributed by atoms with E-state index in [4.69, 9.17) is 11.6 Å². The van der Waals surface area contributed by atoms with Crippen LogP contribution < -0.4 is 0 Å². The summed E-state index contributed by atoms with van der Waals surface area (Å²) in [6.45, 7) is 5.31. The van der Waals surface area contributed by atoms with E-state index in [0.717, 1.165) is 69.6 Å². The number of hydrogen-bond acceptors (Lipinski definition) is 2. The van der Waals surface area contributed by atoms with Crippen LogP contribution in [-0.4, -0.2) is 35.6 Å². The number of piperidine rings is 1. The molecular formula is C20H30ClNO2. The minimum Gasteiger partial charge on any atom is -0.481 e. The van der Waals surface area contributed by atoms with Gasteiger partial charge in [-0.2, -0.15) is 0 Å². The minimum absolute atomic E-state index is 0.138. The first-order valence-corrected chi connectivity index (χ1v) is 9.67. The van der Waals surface area contributed by atoms with Gasteiger partial charge in [-0.05, 0) is 75.4 Å². The van der Waals surface area contributed by atoms with Crippen molar-refractivity contribution in [2.45, 2.75) is 51.9 Å². The molecule has 3 nitrogen and oxygen atoms in total. The number of nitrogens with zero attached hydrogens (tertiary/aromatic N) is 1. The molecule has 1 fully saturated rings. The smallest absolute Gasteiger partial charge is 0.306 e. The molecule has 0 spiro atoms. The van der Waals surface area contributed by atoms with Gasteiger partial charge in [0.1, 0.15) is 0 Å². The molecule has 4 heteroatoms. The van der Waals surface area contributed by atoms with Crippen molar-refractivity contribution < 1.29 is 9.90 Å². The van der Waals surface area contributed by atoms with Crippen molar-refractivity contribution in [1.82, 2.24) is 4.90 Å². The molecule has 0 aromatic heterocycles. The molecule has 0 aliphatic carbocycles. The van der Waals surface area contributed by atoms with Crippen molar-refractivity contribution in [3.05, 3.63) is 34.9 Å². The van der Waals surface area contributed by atoms with Gasteiger partial charge in [-0.25, -0.2) is 0 Å². The number of aryl methyl sites for hydroxylation is 1. The summed E-state index contributed by atoms with van der Waals surface area (Å²) in [6.07, 6.45) is 7.22. The Labute approximate surface area is 151 Å². The first kappa shape index (κ1) is 19.3. The van der Waals surface area contributed by atoms with Gasteiger partial charge in [-0.3, -0.25) is 4.79 Å². The van der Waals surface area contributed by atoms with Crippen molar-refractivity contribution in [3.8, 4) is 0 Å². The van der Waals surface area contributed by atoms with Gasteiger partial charge < -0.3 is 10.0 Å². The summed E-state index contributed by atoms with van der Waals surface area (Å²) in [6, 6.07) is 8.09. The van der Waals surface area contributed by atoms with E-state index in [1.165, 1.54) is 5.56 Å². The third-order valence-corrected chi connectivity index (χ3v) is 5.49. The molecule has 1 N–H and O–H groups in total. The van der Waals surface area contributed by atoms with Gasteiger partial charge in [0.15, 0.2) is 0 Å². The second kappa shape index (κ2) is 10.0. The van der Waals surface area contributed by atoms with E-state index in [-0.39, 0.29) is 5.92 Å². The average Bonchev–Trinajstić information content (AvgIpc) is 2.58. The number of halogens is 1. The van der Waals surface area contributed by atoms with Crippen molar-refractivity contribution in [3.63, 3.8) is 0 Å². The van der Waals surface area contributed by atoms with Crippen LogP contribution in [0.3, 0.4) is 0 Å². The highest BCUT2D eigenvalue weighted by atomic mass is 35.5. The third-order valence-electron chi connectivity index (χ3n) is 5.24. The number of carboxylic acid groups (broad SMARTS) is 1. The maximum absolute atomic E-state index is 11.5. The predicted molar refractivity (Wildman–Crippen MR) is 99.6 cm³/mol. The molecule has 24 heavy (non-hydrogen) atoms. The Balaban J connectivity index is 1.70. The quantitative estimate of drug-likeness (QED) is 0.689. The minimum atomic E-state index is -0.593. The maximum atomic E-state index is 11.5. The zero-order valence-corrected chi connectivity index (χ0v) is 15.5. The van der Waals surface area contributed by atoms with E-state index < -0.39 is 5.97 Å². The molecule has 0 radical (unpaired) electrons. The van der Waals surface area contributed by atoms with E-state index >= 15 is 0 Å². The summed E-state index contributed by atoms with van der Waals surface area (Å²) in [5.41, 5.74) is 1.33. The Kier molecular flexibility index (Phi) is 8.07. The van der Waals surface area contributed by atoms with Gasteiger partial charge in [0.25, 0.3) is 0 Å². The molecule has 134 valence electrons. The van der Waals surface area contributed by atoms with Gasteiger partial charge in [0.05, 0.1) is 5.92 Å². The fourth-order valence-corrected chi connectivity index (χ4v) is 3.85. The van der Waals surface area contributed by atoms with Crippen LogP contribution in [0.5, 0.6) is 0 Å². The van der Waals surface area contributed by atoms with Crippen molar-refractivity contribution in [1.29, 1.82) is 0 Å². The van der Waals surface area contributed by atoms with Crippen LogP contribution in [0.1, 0.15) is 51.0 Å². The molecule has 1 unspecified atom stereocenters. The molecule has 1 saturated heterocycles. The topological polar surface area (TPSA) is 40.5 Å². The zero-order chi connectivity index (χ0) is 17.4. The number of carbonyl (C=O) groups is 1. The van der Waals surface area contributed by atoms with Crippen LogP contribution in [0.15, 0.2) is 24.3 Å². The molecule has 0 amide bonds. The number of aliphatic carboxylic acids is 1. The number of unbranched alkanes of at least 4 members (excludes halogenated alkanes) is 1. The van der Waals surface area contributed by atoms with Crippen LogP contribution in [0.2, 0.25) is 5.02 Å². The van der Waals surface area contributed by atoms with Gasteiger partial charge in [0.2, 0.25) is 0 Å². The van der Waals surface area contributed by atoms with Crippen LogP contribution >= 0.6 is 11.6 Å². The third kappa shape index (κ3) is 6.10.